The van der Waals surface area contributed by atoms with Crippen LogP contribution in [-0.4, -0.2) is 50.7 Å². The van der Waals surface area contributed by atoms with Crippen molar-refractivity contribution < 1.29 is 23.7 Å². The fraction of sp³-hybridized carbons (Fsp3) is 0.727. The molecular formula is C11H20N2O5S. The minimum Gasteiger partial charge on any atom is -0.480 e. The van der Waals surface area contributed by atoms with Gasteiger partial charge in [0.25, 0.3) is 0 Å². The average molecular weight is 292 g/mol. The molecule has 0 saturated carbocycles. The minimum atomic E-state index is -1.64. The number of carbonyl (C=O) groups is 3. The number of carboxylic acids is 1. The van der Waals surface area contributed by atoms with Crippen LogP contribution >= 0.6 is 0 Å². The molecule has 0 aromatic heterocycles. The van der Waals surface area contributed by atoms with E-state index in [1.807, 2.05) is 13.8 Å². The molecule has 0 heterocycles. The van der Waals surface area contributed by atoms with E-state index in [0.717, 1.165) is 6.42 Å². The topological polar surface area (TPSA) is 113 Å². The van der Waals surface area contributed by atoms with Crippen molar-refractivity contribution in [2.45, 2.75) is 39.3 Å². The highest BCUT2D eigenvalue weighted by atomic mass is 32.2. The number of carboxylic acid groups (broad SMARTS) is 1. The van der Waals surface area contributed by atoms with Gasteiger partial charge >= 0.3 is 5.97 Å². The van der Waals surface area contributed by atoms with Gasteiger partial charge in [-0.25, -0.2) is 4.79 Å². The number of hydrogen-bond acceptors (Lipinski definition) is 4. The second-order valence-electron chi connectivity index (χ2n) is 4.22. The van der Waals surface area contributed by atoms with Gasteiger partial charge in [0.2, 0.25) is 11.8 Å². The molecule has 0 radical (unpaired) electrons. The molecule has 19 heavy (non-hydrogen) atoms. The van der Waals surface area contributed by atoms with E-state index in [0.29, 0.717) is 0 Å². The molecule has 2 amide bonds. The molecule has 8 heteroatoms. The van der Waals surface area contributed by atoms with Crippen molar-refractivity contribution >= 4 is 28.6 Å². The van der Waals surface area contributed by atoms with E-state index in [1.54, 1.807) is 0 Å². The van der Waals surface area contributed by atoms with Crippen LogP contribution in [0.2, 0.25) is 0 Å². The zero-order valence-corrected chi connectivity index (χ0v) is 12.1. The van der Waals surface area contributed by atoms with Crippen molar-refractivity contribution in [1.82, 2.24) is 10.6 Å². The summed E-state index contributed by atoms with van der Waals surface area (Å²) in [6.45, 7) is 4.89. The molecule has 0 aliphatic heterocycles. The van der Waals surface area contributed by atoms with Gasteiger partial charge in [-0.1, -0.05) is 6.92 Å². The normalized spacial score (nSPS) is 15.1. The summed E-state index contributed by atoms with van der Waals surface area (Å²) in [6, 6.07) is -1.26. The van der Waals surface area contributed by atoms with Gasteiger partial charge in [0.1, 0.15) is 11.8 Å². The molecule has 0 aromatic carbocycles. The highest BCUT2D eigenvalue weighted by Gasteiger charge is 2.22. The summed E-state index contributed by atoms with van der Waals surface area (Å²) >= 11 is 0. The SMILES string of the molecule is CCC(C)NC(=O)CS(=O)C[C@H](NC(C)=O)C(=O)O. The lowest BCUT2D eigenvalue weighted by atomic mass is 10.3. The lowest BCUT2D eigenvalue weighted by molar-refractivity contribution is -0.140. The summed E-state index contributed by atoms with van der Waals surface area (Å²) in [4.78, 5) is 33.1. The molecule has 7 nitrogen and oxygen atoms in total. The quantitative estimate of drug-likeness (QED) is 0.544. The molecule has 0 aliphatic rings. The second-order valence-corrected chi connectivity index (χ2v) is 5.72. The summed E-state index contributed by atoms with van der Waals surface area (Å²) < 4.78 is 11.7. The third kappa shape index (κ3) is 8.30. The largest absolute Gasteiger partial charge is 0.480 e. The Morgan fingerprint density at radius 1 is 1.26 bits per heavy atom. The lowest BCUT2D eigenvalue weighted by Crippen LogP contribution is -2.45. The summed E-state index contributed by atoms with van der Waals surface area (Å²) in [5.74, 6) is -2.74. The smallest absolute Gasteiger partial charge is 0.327 e. The first-order chi connectivity index (χ1) is 8.76. The molecular weight excluding hydrogens is 272 g/mol. The Kier molecular flexibility index (Phi) is 7.97. The van der Waals surface area contributed by atoms with Crippen LogP contribution in [0.5, 0.6) is 0 Å². The van der Waals surface area contributed by atoms with Gasteiger partial charge in [-0.05, 0) is 13.3 Å². The summed E-state index contributed by atoms with van der Waals surface area (Å²) in [5, 5.41) is 13.6. The molecule has 0 aromatic rings. The molecule has 110 valence electrons. The number of nitrogens with one attached hydrogen (secondary N) is 2. The average Bonchev–Trinajstić information content (AvgIpc) is 2.26. The standard InChI is InChI=1S/C11H20N2O5S/c1-4-7(2)12-10(15)6-19(18)5-9(11(16)17)13-8(3)14/h7,9H,4-6H2,1-3H3,(H,12,15)(H,13,14)(H,16,17)/t7?,9-,19?/m0/s1. The first-order valence-corrected chi connectivity index (χ1v) is 7.39. The Hall–Kier alpha value is -1.44. The van der Waals surface area contributed by atoms with Crippen LogP contribution in [-0.2, 0) is 25.2 Å². The maximum absolute atomic E-state index is 11.7. The Balaban J connectivity index is 4.30. The molecule has 0 aliphatic carbocycles. The number of hydrogen-bond donors (Lipinski definition) is 3. The van der Waals surface area contributed by atoms with E-state index in [9.17, 15) is 18.6 Å². The molecule has 3 atom stereocenters. The first-order valence-electron chi connectivity index (χ1n) is 5.90. The monoisotopic (exact) mass is 292 g/mol. The van der Waals surface area contributed by atoms with Gasteiger partial charge in [-0.3, -0.25) is 13.8 Å². The molecule has 0 spiro atoms. The summed E-state index contributed by atoms with van der Waals surface area (Å²) in [7, 11) is -1.64. The second kappa shape index (κ2) is 8.63. The van der Waals surface area contributed by atoms with E-state index in [4.69, 9.17) is 5.11 Å². The van der Waals surface area contributed by atoms with Crippen molar-refractivity contribution in [3.63, 3.8) is 0 Å². The van der Waals surface area contributed by atoms with Gasteiger partial charge in [0, 0.05) is 23.8 Å². The maximum atomic E-state index is 11.7. The number of carbonyl (C=O) groups excluding carboxylic acids is 2. The van der Waals surface area contributed by atoms with Gasteiger partial charge in [0.05, 0.1) is 5.75 Å². The van der Waals surface area contributed by atoms with Crippen LogP contribution in [0.3, 0.4) is 0 Å². The van der Waals surface area contributed by atoms with Gasteiger partial charge in [-0.15, -0.1) is 0 Å². The van der Waals surface area contributed by atoms with Gasteiger partial charge in [-0.2, -0.15) is 0 Å². The van der Waals surface area contributed by atoms with Crippen LogP contribution in [0.15, 0.2) is 0 Å². The molecule has 0 saturated heterocycles. The fourth-order valence-corrected chi connectivity index (χ4v) is 2.32. The van der Waals surface area contributed by atoms with Gasteiger partial charge < -0.3 is 15.7 Å². The van der Waals surface area contributed by atoms with Crippen LogP contribution in [0.25, 0.3) is 0 Å². The maximum Gasteiger partial charge on any atom is 0.327 e. The van der Waals surface area contributed by atoms with Crippen LogP contribution < -0.4 is 10.6 Å². The van der Waals surface area contributed by atoms with Crippen LogP contribution in [0, 0.1) is 0 Å². The van der Waals surface area contributed by atoms with Crippen molar-refractivity contribution in [2.24, 2.45) is 0 Å². The van der Waals surface area contributed by atoms with Crippen molar-refractivity contribution in [3.05, 3.63) is 0 Å². The minimum absolute atomic E-state index is 0.0184. The molecule has 0 rings (SSSR count). The van der Waals surface area contributed by atoms with Crippen molar-refractivity contribution in [3.8, 4) is 0 Å². The predicted molar refractivity (Wildman–Crippen MR) is 71.0 cm³/mol. The Morgan fingerprint density at radius 3 is 2.26 bits per heavy atom. The third-order valence-electron chi connectivity index (χ3n) is 2.34. The molecule has 2 unspecified atom stereocenters. The number of rotatable bonds is 8. The number of amides is 2. The van der Waals surface area contributed by atoms with Crippen LogP contribution in [0.4, 0.5) is 0 Å². The Bertz CT molecular complexity index is 372. The zero-order chi connectivity index (χ0) is 15.0. The highest BCUT2D eigenvalue weighted by molar-refractivity contribution is 7.85. The van der Waals surface area contributed by atoms with Crippen molar-refractivity contribution in [2.75, 3.05) is 11.5 Å². The third-order valence-corrected chi connectivity index (χ3v) is 3.63. The Labute approximate surface area is 114 Å². The summed E-state index contributed by atoms with van der Waals surface area (Å²) in [6.07, 6.45) is 0.752. The highest BCUT2D eigenvalue weighted by Crippen LogP contribution is 1.94. The zero-order valence-electron chi connectivity index (χ0n) is 11.3. The van der Waals surface area contributed by atoms with E-state index < -0.39 is 28.7 Å². The summed E-state index contributed by atoms with van der Waals surface area (Å²) in [5.41, 5.74) is 0. The van der Waals surface area contributed by atoms with E-state index in [-0.39, 0.29) is 23.5 Å². The van der Waals surface area contributed by atoms with E-state index >= 15 is 0 Å². The van der Waals surface area contributed by atoms with E-state index in [2.05, 4.69) is 10.6 Å². The predicted octanol–water partition coefficient (Wildman–Crippen LogP) is -0.761. The Morgan fingerprint density at radius 2 is 1.84 bits per heavy atom. The molecule has 0 fully saturated rings. The number of aliphatic carboxylic acids is 1. The van der Waals surface area contributed by atoms with E-state index in [1.165, 1.54) is 6.92 Å². The first kappa shape index (κ1) is 17.6. The van der Waals surface area contributed by atoms with Crippen LogP contribution in [0.1, 0.15) is 27.2 Å². The molecule has 3 N–H and O–H groups in total. The van der Waals surface area contributed by atoms with Crippen molar-refractivity contribution in [1.29, 1.82) is 0 Å². The molecule has 0 bridgehead atoms. The fourth-order valence-electron chi connectivity index (χ4n) is 1.23. The lowest BCUT2D eigenvalue weighted by Gasteiger charge is -2.14. The van der Waals surface area contributed by atoms with Gasteiger partial charge in [0.15, 0.2) is 0 Å².